The van der Waals surface area contributed by atoms with E-state index in [0.717, 1.165) is 22.2 Å². The predicted molar refractivity (Wildman–Crippen MR) is 88.5 cm³/mol. The maximum absolute atomic E-state index is 12.5. The third-order valence-electron chi connectivity index (χ3n) is 2.84. The summed E-state index contributed by atoms with van der Waals surface area (Å²) in [6, 6.07) is -0.701. The number of nitrogens with zero attached hydrogens (tertiary/aromatic N) is 6. The molecule has 0 aromatic carbocycles. The first-order valence-corrected chi connectivity index (χ1v) is 8.37. The topological polar surface area (TPSA) is 78.5 Å². The van der Waals surface area contributed by atoms with Gasteiger partial charge in [0, 0.05) is 6.42 Å². The van der Waals surface area contributed by atoms with Crippen LogP contribution in [-0.4, -0.2) is 39.4 Å². The summed E-state index contributed by atoms with van der Waals surface area (Å²) < 4.78 is -2.43. The number of hydrogen-bond donors (Lipinski definition) is 0. The third kappa shape index (κ3) is 3.91. The minimum Gasteiger partial charge on any atom is -0.243 e. The first-order valence-electron chi connectivity index (χ1n) is 6.48. The van der Waals surface area contributed by atoms with Gasteiger partial charge in [0.05, 0.1) is 0 Å². The Morgan fingerprint density at radius 3 is 2.48 bits per heavy atom. The molecule has 23 heavy (non-hydrogen) atoms. The molecule has 0 fully saturated rings. The molecule has 0 saturated heterocycles. The van der Waals surface area contributed by atoms with Crippen molar-refractivity contribution in [2.45, 2.75) is 34.3 Å². The molecule has 0 aliphatic carbocycles. The molecule has 0 unspecified atom stereocenters. The van der Waals surface area contributed by atoms with Crippen LogP contribution >= 0.6 is 58.0 Å². The minimum atomic E-state index is -2.13. The summed E-state index contributed by atoms with van der Waals surface area (Å²) in [6.45, 7) is 2.01. The van der Waals surface area contributed by atoms with Crippen LogP contribution in [0.2, 0.25) is 0 Å². The summed E-state index contributed by atoms with van der Waals surface area (Å²) >= 11 is 29.7. The van der Waals surface area contributed by atoms with E-state index >= 15 is 0 Å². The zero-order valence-electron chi connectivity index (χ0n) is 11.8. The normalized spacial score (nSPS) is 12.6. The number of carbonyl (C=O) groups excluding carboxylic acids is 1. The molecule has 2 heterocycles. The van der Waals surface area contributed by atoms with E-state index in [1.807, 2.05) is 6.92 Å². The van der Waals surface area contributed by atoms with E-state index in [1.165, 1.54) is 12.7 Å². The van der Waals surface area contributed by atoms with Gasteiger partial charge in [-0.3, -0.25) is 0 Å². The molecule has 7 nitrogen and oxygen atoms in total. The Morgan fingerprint density at radius 2 is 1.96 bits per heavy atom. The van der Waals surface area contributed by atoms with Crippen LogP contribution in [-0.2, 0) is 10.8 Å². The highest BCUT2D eigenvalue weighted by Gasteiger charge is 2.52. The highest BCUT2D eigenvalue weighted by molar-refractivity contribution is 6.75. The number of carbonyl (C=O) groups is 1. The summed E-state index contributed by atoms with van der Waals surface area (Å²) in [6.07, 6.45) is 4.63. The van der Waals surface area contributed by atoms with E-state index in [9.17, 15) is 4.79 Å². The molecule has 0 atom stereocenters. The predicted octanol–water partition coefficient (Wildman–Crippen LogP) is 3.73. The maximum atomic E-state index is 12.5. The van der Waals surface area contributed by atoms with E-state index in [0.29, 0.717) is 12.2 Å². The molecule has 0 aliphatic heterocycles. The molecule has 0 amide bonds. The first-order chi connectivity index (χ1) is 10.7. The molecule has 0 N–H and O–H groups in total. The van der Waals surface area contributed by atoms with Gasteiger partial charge >= 0.3 is 6.03 Å². The van der Waals surface area contributed by atoms with Crippen molar-refractivity contribution in [1.29, 1.82) is 0 Å². The average Bonchev–Trinajstić information content (AvgIpc) is 3.12. The van der Waals surface area contributed by atoms with Gasteiger partial charge in [0.2, 0.25) is 8.13 Å². The monoisotopic (exact) mass is 418 g/mol. The second-order valence-electron chi connectivity index (χ2n) is 4.56. The van der Waals surface area contributed by atoms with Gasteiger partial charge < -0.3 is 0 Å². The minimum absolute atomic E-state index is 0.201. The lowest BCUT2D eigenvalue weighted by atomic mass is 10.2. The molecule has 0 spiro atoms. The zero-order valence-corrected chi connectivity index (χ0v) is 15.5. The number of aromatic nitrogens is 6. The number of hydrogen-bond acceptors (Lipinski definition) is 5. The number of aryl methyl sites for hydroxylation is 1. The van der Waals surface area contributed by atoms with Crippen molar-refractivity contribution < 1.29 is 4.79 Å². The average molecular weight is 421 g/mol. The number of alkyl halides is 5. The number of rotatable bonds is 4. The number of unbranched alkanes of at least 4 members (excludes halogenated alkanes) is 1. The largest absolute Gasteiger partial charge is 0.372 e. The first kappa shape index (κ1) is 18.7. The highest BCUT2D eigenvalue weighted by atomic mass is 35.6. The van der Waals surface area contributed by atoms with Crippen LogP contribution in [0.5, 0.6) is 0 Å². The lowest BCUT2D eigenvalue weighted by Crippen LogP contribution is -2.35. The molecule has 0 aliphatic rings. The van der Waals surface area contributed by atoms with Crippen LogP contribution in [0.15, 0.2) is 12.7 Å². The smallest absolute Gasteiger partial charge is 0.243 e. The van der Waals surface area contributed by atoms with Gasteiger partial charge in [0.25, 0.3) is 0 Å². The van der Waals surface area contributed by atoms with Crippen molar-refractivity contribution in [2.24, 2.45) is 0 Å². The molecule has 12 heteroatoms. The summed E-state index contributed by atoms with van der Waals surface area (Å²) in [7, 11) is 0. The van der Waals surface area contributed by atoms with Crippen LogP contribution in [0.25, 0.3) is 0 Å². The van der Waals surface area contributed by atoms with Gasteiger partial charge in [-0.05, 0) is 6.42 Å². The van der Waals surface area contributed by atoms with Gasteiger partial charge in [-0.2, -0.15) is 14.5 Å². The Kier molecular flexibility index (Phi) is 5.79. The van der Waals surface area contributed by atoms with Crippen molar-refractivity contribution in [2.75, 3.05) is 0 Å². The van der Waals surface area contributed by atoms with Gasteiger partial charge in [0.1, 0.15) is 12.7 Å². The van der Waals surface area contributed by atoms with Crippen LogP contribution in [0.4, 0.5) is 4.79 Å². The van der Waals surface area contributed by atoms with Crippen molar-refractivity contribution >= 4 is 64.0 Å². The molecular weight excluding hydrogens is 409 g/mol. The second kappa shape index (κ2) is 7.11. The molecule has 2 rings (SSSR count). The Morgan fingerprint density at radius 1 is 1.26 bits per heavy atom. The molecule has 0 bridgehead atoms. The van der Waals surface area contributed by atoms with Gasteiger partial charge in [-0.25, -0.2) is 14.8 Å². The van der Waals surface area contributed by atoms with Gasteiger partial charge in [-0.1, -0.05) is 71.3 Å². The summed E-state index contributed by atoms with van der Waals surface area (Å²) in [5, 5.41) is 7.84. The van der Waals surface area contributed by atoms with Crippen LogP contribution in [0, 0.1) is 0 Å². The fraction of sp³-hybridized carbons (Fsp3) is 0.545. The summed E-state index contributed by atoms with van der Waals surface area (Å²) in [4.78, 5) is 20.3. The molecule has 0 saturated carbocycles. The molecule has 2 aromatic heterocycles. The van der Waals surface area contributed by atoms with Gasteiger partial charge in [0.15, 0.2) is 11.6 Å². The Bertz CT molecular complexity index is 678. The quantitative estimate of drug-likeness (QED) is 0.705. The third-order valence-corrected chi connectivity index (χ3v) is 5.17. The molecule has 2 aromatic rings. The van der Waals surface area contributed by atoms with E-state index < -0.39 is 14.2 Å². The summed E-state index contributed by atoms with van der Waals surface area (Å²) in [5.41, 5.74) is 0. The van der Waals surface area contributed by atoms with Crippen molar-refractivity contribution in [1.82, 2.24) is 29.5 Å². The van der Waals surface area contributed by atoms with E-state index in [4.69, 9.17) is 58.0 Å². The van der Waals surface area contributed by atoms with E-state index in [-0.39, 0.29) is 5.82 Å². The van der Waals surface area contributed by atoms with Crippen LogP contribution < -0.4 is 0 Å². The van der Waals surface area contributed by atoms with E-state index in [2.05, 4.69) is 20.2 Å². The van der Waals surface area contributed by atoms with Crippen molar-refractivity contribution in [3.8, 4) is 0 Å². The highest BCUT2D eigenvalue weighted by Crippen LogP contribution is 2.52. The second-order valence-corrected chi connectivity index (χ2v) is 8.17. The van der Waals surface area contributed by atoms with Gasteiger partial charge in [-0.15, -0.1) is 5.10 Å². The lowest BCUT2D eigenvalue weighted by molar-refractivity contribution is 0.237. The lowest BCUT2D eigenvalue weighted by Gasteiger charge is -2.25. The van der Waals surface area contributed by atoms with Crippen molar-refractivity contribution in [3.05, 3.63) is 24.3 Å². The fourth-order valence-electron chi connectivity index (χ4n) is 1.66. The van der Waals surface area contributed by atoms with Crippen LogP contribution in [0.3, 0.4) is 0 Å². The van der Waals surface area contributed by atoms with Crippen LogP contribution in [0.1, 0.15) is 31.4 Å². The van der Waals surface area contributed by atoms with E-state index in [1.54, 1.807) is 0 Å². The fourth-order valence-corrected chi connectivity index (χ4v) is 2.16. The Hall–Kier alpha value is -0.600. The molecular formula is C11H11Cl5N6O. The summed E-state index contributed by atoms with van der Waals surface area (Å²) in [5.74, 6) is 0.155. The zero-order chi connectivity index (χ0) is 17.3. The molecule has 0 radical (unpaired) electrons. The van der Waals surface area contributed by atoms with Crippen molar-refractivity contribution in [3.63, 3.8) is 0 Å². The molecule has 126 valence electrons. The standard InChI is InChI=1S/C11H11Cl5N6O/c1-2-3-4-7-19-8(10(12,13)11(14,15)16)22(20-7)9(23)21-6-17-5-18-21/h5-6H,2-4H2,1H3. The SMILES string of the molecule is CCCCc1nc(C(Cl)(Cl)C(Cl)(Cl)Cl)n(C(=O)n2cncn2)n1. The Balaban J connectivity index is 2.51. The Labute approximate surface area is 156 Å². The maximum Gasteiger partial charge on any atom is 0.372 e. The number of halogens is 5.